The number of alkyl halides is 13. The van der Waals surface area contributed by atoms with Crippen molar-refractivity contribution in [3.05, 3.63) is 0 Å². The molecule has 0 aromatic carbocycles. The maximum atomic E-state index is 13.5. The summed E-state index contributed by atoms with van der Waals surface area (Å²) in [5.74, 6) is -32.1. The first-order chi connectivity index (χ1) is 10.0. The molecule has 1 saturated carbocycles. The van der Waals surface area contributed by atoms with Crippen LogP contribution in [0.15, 0.2) is 0 Å². The average Bonchev–Trinajstić information content (AvgIpc) is 2.31. The van der Waals surface area contributed by atoms with Crippen LogP contribution in [-0.4, -0.2) is 53.5 Å². The van der Waals surface area contributed by atoms with Gasteiger partial charge in [-0.05, 0) is 0 Å². The van der Waals surface area contributed by atoms with Gasteiger partial charge in [-0.25, -0.2) is 8.78 Å². The minimum Gasteiger partial charge on any atom is -0.283 e. The monoisotopic (exact) mass is 412 g/mol. The number of rotatable bonds is 1. The van der Waals surface area contributed by atoms with Crippen molar-refractivity contribution in [2.45, 2.75) is 40.5 Å². The minimum absolute atomic E-state index is 7.68. The summed E-state index contributed by atoms with van der Waals surface area (Å²) >= 11 is 0. The fraction of sp³-hybridized carbons (Fsp3) is 1.00. The van der Waals surface area contributed by atoms with Gasteiger partial charge in [0.15, 0.2) is 0 Å². The van der Waals surface area contributed by atoms with Crippen LogP contribution in [0.3, 0.4) is 0 Å². The molecular weight excluding hydrogens is 411 g/mol. The smallest absolute Gasteiger partial charge is 0.283 e. The molecule has 1 aliphatic carbocycles. The van der Waals surface area contributed by atoms with Crippen LogP contribution in [-0.2, 0) is 10.1 Å². The molecule has 1 fully saturated rings. The SMILES string of the molecule is O=S(=O)(O)C1(F)C(F)(F)C(F)(F)C(F)(C(F)(F)F)C(F)(F)C1(F)F. The van der Waals surface area contributed by atoms with Crippen LogP contribution in [0.1, 0.15) is 0 Å². The molecule has 0 heterocycles. The van der Waals surface area contributed by atoms with E-state index in [2.05, 4.69) is 0 Å². The van der Waals surface area contributed by atoms with Crippen LogP contribution in [0.4, 0.5) is 57.1 Å². The lowest BCUT2D eigenvalue weighted by Crippen LogP contribution is -2.88. The average molecular weight is 412 g/mol. The fourth-order valence-electron chi connectivity index (χ4n) is 1.91. The van der Waals surface area contributed by atoms with Crippen molar-refractivity contribution in [1.82, 2.24) is 0 Å². The van der Waals surface area contributed by atoms with Crippen molar-refractivity contribution in [2.24, 2.45) is 0 Å². The Hall–Kier alpha value is -1.00. The summed E-state index contributed by atoms with van der Waals surface area (Å²) in [7, 11) is -7.94. The van der Waals surface area contributed by atoms with Crippen LogP contribution in [0, 0.1) is 0 Å². The van der Waals surface area contributed by atoms with Crippen molar-refractivity contribution in [2.75, 3.05) is 0 Å². The second kappa shape index (κ2) is 4.39. The predicted octanol–water partition coefficient (Wildman–Crippen LogP) is 3.37. The highest BCUT2D eigenvalue weighted by Gasteiger charge is 3.07. The largest absolute Gasteiger partial charge is 0.435 e. The lowest BCUT2D eigenvalue weighted by molar-refractivity contribution is -0.485. The third kappa shape index (κ3) is 1.67. The van der Waals surface area contributed by atoms with Crippen molar-refractivity contribution in [3.63, 3.8) is 0 Å². The zero-order valence-corrected chi connectivity index (χ0v) is 10.9. The molecule has 3 nitrogen and oxygen atoms in total. The Morgan fingerprint density at radius 2 is 0.875 bits per heavy atom. The Bertz CT molecular complexity index is 619. The Morgan fingerprint density at radius 3 is 1.04 bits per heavy atom. The Balaban J connectivity index is 4.18. The van der Waals surface area contributed by atoms with E-state index in [9.17, 15) is 65.5 Å². The molecule has 17 heteroatoms. The second-order valence-corrected chi connectivity index (χ2v) is 6.04. The van der Waals surface area contributed by atoms with Gasteiger partial charge in [0.2, 0.25) is 0 Å². The van der Waals surface area contributed by atoms with E-state index >= 15 is 0 Å². The molecule has 0 unspecified atom stereocenters. The van der Waals surface area contributed by atoms with Gasteiger partial charge in [-0.2, -0.15) is 56.7 Å². The molecule has 0 spiro atoms. The first-order valence-corrected chi connectivity index (χ1v) is 6.37. The van der Waals surface area contributed by atoms with E-state index in [0.29, 0.717) is 0 Å². The molecule has 0 aromatic heterocycles. The first kappa shape index (κ1) is 21.0. The summed E-state index contributed by atoms with van der Waals surface area (Å²) in [6, 6.07) is 0. The highest BCUT2D eigenvalue weighted by Crippen LogP contribution is 2.72. The quantitative estimate of drug-likeness (QED) is 0.531. The van der Waals surface area contributed by atoms with Crippen molar-refractivity contribution < 1.29 is 70.0 Å². The van der Waals surface area contributed by atoms with Gasteiger partial charge in [0.1, 0.15) is 0 Å². The molecule has 0 aromatic rings. The molecule has 1 N–H and O–H groups in total. The van der Waals surface area contributed by atoms with E-state index in [-0.39, 0.29) is 0 Å². The molecule has 0 atom stereocenters. The van der Waals surface area contributed by atoms with Gasteiger partial charge in [0.25, 0.3) is 0 Å². The molecule has 24 heavy (non-hydrogen) atoms. The van der Waals surface area contributed by atoms with Crippen molar-refractivity contribution >= 4 is 10.1 Å². The number of hydrogen-bond acceptors (Lipinski definition) is 2. The van der Waals surface area contributed by atoms with Gasteiger partial charge in [-0.15, -0.1) is 0 Å². The van der Waals surface area contributed by atoms with Crippen LogP contribution in [0.5, 0.6) is 0 Å². The summed E-state index contributed by atoms with van der Waals surface area (Å²) in [6.45, 7) is 0. The standard InChI is InChI=1S/C7HF13O3S/c8-1(7(18,19)20)2(9,10)4(13,14)6(17,24(21,22)23)5(15,16)3(1,11)12/h(H,21,22,23). The number of hydrogen-bond donors (Lipinski definition) is 1. The van der Waals surface area contributed by atoms with Gasteiger partial charge >= 0.3 is 50.7 Å². The van der Waals surface area contributed by atoms with Gasteiger partial charge in [0, 0.05) is 0 Å². The highest BCUT2D eigenvalue weighted by atomic mass is 32.2. The van der Waals surface area contributed by atoms with E-state index in [1.807, 2.05) is 0 Å². The molecule has 1 aliphatic rings. The zero-order valence-electron chi connectivity index (χ0n) is 10.1. The molecule has 0 bridgehead atoms. The summed E-state index contributed by atoms with van der Waals surface area (Å²) < 4.78 is 197. The summed E-state index contributed by atoms with van der Waals surface area (Å²) in [6.07, 6.45) is -7.84. The zero-order chi connectivity index (χ0) is 20.0. The number of halogens is 13. The van der Waals surface area contributed by atoms with Gasteiger partial charge in [0.05, 0.1) is 0 Å². The second-order valence-electron chi connectivity index (χ2n) is 4.52. The van der Waals surface area contributed by atoms with Crippen LogP contribution >= 0.6 is 0 Å². The van der Waals surface area contributed by atoms with E-state index in [1.54, 1.807) is 0 Å². The third-order valence-corrected chi connectivity index (χ3v) is 4.43. The molecule has 144 valence electrons. The lowest BCUT2D eigenvalue weighted by atomic mass is 9.72. The summed E-state index contributed by atoms with van der Waals surface area (Å²) in [5.41, 5.74) is -8.08. The van der Waals surface area contributed by atoms with Crippen LogP contribution < -0.4 is 0 Å². The van der Waals surface area contributed by atoms with Gasteiger partial charge in [-0.3, -0.25) is 4.55 Å². The Kier molecular flexibility index (Phi) is 3.85. The molecule has 0 saturated heterocycles. The maximum absolute atomic E-state index is 13.5. The molecular formula is C7HF13O3S. The summed E-state index contributed by atoms with van der Waals surface area (Å²) in [5, 5.41) is -7.68. The van der Waals surface area contributed by atoms with Crippen molar-refractivity contribution in [1.29, 1.82) is 0 Å². The lowest BCUT2D eigenvalue weighted by Gasteiger charge is -2.53. The Morgan fingerprint density at radius 1 is 0.625 bits per heavy atom. The molecule has 0 amide bonds. The van der Waals surface area contributed by atoms with E-state index < -0.39 is 50.7 Å². The van der Waals surface area contributed by atoms with Crippen LogP contribution in [0.2, 0.25) is 0 Å². The maximum Gasteiger partial charge on any atom is 0.435 e. The predicted molar refractivity (Wildman–Crippen MR) is 45.1 cm³/mol. The van der Waals surface area contributed by atoms with Crippen LogP contribution in [0.25, 0.3) is 0 Å². The fourth-order valence-corrected chi connectivity index (χ4v) is 2.82. The third-order valence-electron chi connectivity index (χ3n) is 3.21. The Labute approximate surface area is 122 Å². The van der Waals surface area contributed by atoms with Crippen molar-refractivity contribution in [3.8, 4) is 0 Å². The van der Waals surface area contributed by atoms with Gasteiger partial charge in [-0.1, -0.05) is 0 Å². The van der Waals surface area contributed by atoms with E-state index in [1.165, 1.54) is 0 Å². The first-order valence-electron chi connectivity index (χ1n) is 4.93. The minimum atomic E-state index is -8.08. The summed E-state index contributed by atoms with van der Waals surface area (Å²) in [4.78, 5) is 0. The van der Waals surface area contributed by atoms with E-state index in [4.69, 9.17) is 4.55 Å². The molecule has 0 aliphatic heterocycles. The normalized spacial score (nSPS) is 37.9. The van der Waals surface area contributed by atoms with E-state index in [0.717, 1.165) is 0 Å². The van der Waals surface area contributed by atoms with Gasteiger partial charge < -0.3 is 0 Å². The highest BCUT2D eigenvalue weighted by molar-refractivity contribution is 7.87. The topological polar surface area (TPSA) is 54.4 Å². The molecule has 0 radical (unpaired) electrons. The molecule has 1 rings (SSSR count).